The summed E-state index contributed by atoms with van der Waals surface area (Å²) in [7, 11) is 0. The summed E-state index contributed by atoms with van der Waals surface area (Å²) >= 11 is 2.05. The molecule has 1 unspecified atom stereocenters. The van der Waals surface area contributed by atoms with Crippen molar-refractivity contribution in [2.24, 2.45) is 5.41 Å². The number of nitrogens with one attached hydrogen (secondary N) is 1. The molecule has 0 saturated carbocycles. The highest BCUT2D eigenvalue weighted by Crippen LogP contribution is 2.29. The van der Waals surface area contributed by atoms with Gasteiger partial charge < -0.3 is 5.32 Å². The molecule has 0 bridgehead atoms. The van der Waals surface area contributed by atoms with Crippen LogP contribution < -0.4 is 5.32 Å². The van der Waals surface area contributed by atoms with Gasteiger partial charge in [0.25, 0.3) is 0 Å². The maximum atomic E-state index is 3.57. The zero-order valence-corrected chi connectivity index (χ0v) is 11.7. The van der Waals surface area contributed by atoms with Crippen LogP contribution in [0.3, 0.4) is 0 Å². The molecule has 0 aliphatic heterocycles. The lowest BCUT2D eigenvalue weighted by Gasteiger charge is -2.33. The Labute approximate surface area is 94.4 Å². The molecule has 0 saturated heterocycles. The summed E-state index contributed by atoms with van der Waals surface area (Å²) in [5.74, 6) is 1.20. The van der Waals surface area contributed by atoms with E-state index >= 15 is 0 Å². The van der Waals surface area contributed by atoms with Gasteiger partial charge in [0.1, 0.15) is 0 Å². The fourth-order valence-electron chi connectivity index (χ4n) is 1.19. The predicted octanol–water partition coefficient (Wildman–Crippen LogP) is 3.54. The third-order valence-electron chi connectivity index (χ3n) is 2.18. The molecule has 86 valence electrons. The molecule has 1 nitrogen and oxygen atoms in total. The Bertz CT molecular complexity index is 153. The van der Waals surface area contributed by atoms with Crippen molar-refractivity contribution in [3.05, 3.63) is 0 Å². The molecule has 0 heterocycles. The van der Waals surface area contributed by atoms with Gasteiger partial charge in [0, 0.05) is 16.5 Å². The van der Waals surface area contributed by atoms with Gasteiger partial charge in [-0.05, 0) is 12.0 Å². The smallest absolute Gasteiger partial charge is 0.0206 e. The maximum absolute atomic E-state index is 3.57. The number of hydrogen-bond donors (Lipinski definition) is 1. The third kappa shape index (κ3) is 6.72. The SMILES string of the molecule is CCNC(CSC(C)(C)C)C(C)(C)C. The molecule has 1 N–H and O–H groups in total. The first kappa shape index (κ1) is 14.3. The van der Waals surface area contributed by atoms with Crippen LogP contribution in [0, 0.1) is 5.41 Å². The molecule has 0 aliphatic carbocycles. The Morgan fingerprint density at radius 2 is 1.57 bits per heavy atom. The maximum Gasteiger partial charge on any atom is 0.0206 e. The molecule has 1 atom stereocenters. The average molecular weight is 217 g/mol. The summed E-state index contributed by atoms with van der Waals surface area (Å²) in [6.07, 6.45) is 0. The molecule has 2 heteroatoms. The Hall–Kier alpha value is 0.310. The lowest BCUT2D eigenvalue weighted by Crippen LogP contribution is -2.42. The van der Waals surface area contributed by atoms with Gasteiger partial charge in [0.05, 0.1) is 0 Å². The van der Waals surface area contributed by atoms with E-state index in [-0.39, 0.29) is 0 Å². The van der Waals surface area contributed by atoms with Crippen molar-refractivity contribution in [3.63, 3.8) is 0 Å². The molecule has 0 aliphatic rings. The predicted molar refractivity (Wildman–Crippen MR) is 69.1 cm³/mol. The van der Waals surface area contributed by atoms with Gasteiger partial charge in [-0.2, -0.15) is 11.8 Å². The molecule has 0 spiro atoms. The summed E-state index contributed by atoms with van der Waals surface area (Å²) in [6.45, 7) is 17.0. The van der Waals surface area contributed by atoms with E-state index in [0.29, 0.717) is 16.2 Å². The van der Waals surface area contributed by atoms with Gasteiger partial charge >= 0.3 is 0 Å². The summed E-state index contributed by atoms with van der Waals surface area (Å²) in [6, 6.07) is 0.608. The van der Waals surface area contributed by atoms with Crippen LogP contribution in [0.1, 0.15) is 48.5 Å². The van der Waals surface area contributed by atoms with Gasteiger partial charge in [-0.25, -0.2) is 0 Å². The van der Waals surface area contributed by atoms with Crippen LogP contribution in [-0.4, -0.2) is 23.1 Å². The van der Waals surface area contributed by atoms with E-state index in [2.05, 4.69) is 53.8 Å². The van der Waals surface area contributed by atoms with Crippen LogP contribution in [0.4, 0.5) is 0 Å². The minimum Gasteiger partial charge on any atom is -0.313 e. The topological polar surface area (TPSA) is 12.0 Å². The fraction of sp³-hybridized carbons (Fsp3) is 1.00. The van der Waals surface area contributed by atoms with Gasteiger partial charge in [0.2, 0.25) is 0 Å². The molecular formula is C12H27NS. The van der Waals surface area contributed by atoms with Crippen LogP contribution in [0.2, 0.25) is 0 Å². The summed E-state index contributed by atoms with van der Waals surface area (Å²) in [5.41, 5.74) is 0.355. The Morgan fingerprint density at radius 3 is 1.86 bits per heavy atom. The van der Waals surface area contributed by atoms with Crippen LogP contribution >= 0.6 is 11.8 Å². The van der Waals surface area contributed by atoms with Crippen molar-refractivity contribution in [3.8, 4) is 0 Å². The van der Waals surface area contributed by atoms with Crippen molar-refractivity contribution in [2.45, 2.75) is 59.3 Å². The van der Waals surface area contributed by atoms with E-state index < -0.39 is 0 Å². The van der Waals surface area contributed by atoms with Gasteiger partial charge in [0.15, 0.2) is 0 Å². The molecule has 0 aromatic carbocycles. The van der Waals surface area contributed by atoms with Crippen LogP contribution in [0.15, 0.2) is 0 Å². The normalized spacial score (nSPS) is 15.6. The van der Waals surface area contributed by atoms with E-state index in [4.69, 9.17) is 0 Å². The highest BCUT2D eigenvalue weighted by atomic mass is 32.2. The minimum atomic E-state index is 0.355. The summed E-state index contributed by atoms with van der Waals surface area (Å²) in [4.78, 5) is 0. The van der Waals surface area contributed by atoms with E-state index in [1.807, 2.05) is 11.8 Å². The van der Waals surface area contributed by atoms with E-state index in [1.54, 1.807) is 0 Å². The lowest BCUT2D eigenvalue weighted by atomic mass is 9.88. The number of hydrogen-bond acceptors (Lipinski definition) is 2. The second kappa shape index (κ2) is 5.41. The standard InChI is InChI=1S/C12H27NS/c1-8-13-10(11(2,3)4)9-14-12(5,6)7/h10,13H,8-9H2,1-7H3. The van der Waals surface area contributed by atoms with E-state index in [1.165, 1.54) is 5.75 Å². The first-order chi connectivity index (χ1) is 6.17. The lowest BCUT2D eigenvalue weighted by molar-refractivity contribution is 0.295. The second-order valence-corrected chi connectivity index (χ2v) is 7.75. The quantitative estimate of drug-likeness (QED) is 0.773. The molecule has 0 rings (SSSR count). The summed E-state index contributed by atoms with van der Waals surface area (Å²) < 4.78 is 0.374. The third-order valence-corrected chi connectivity index (χ3v) is 3.54. The molecule has 0 amide bonds. The first-order valence-electron chi connectivity index (χ1n) is 5.54. The van der Waals surface area contributed by atoms with E-state index in [0.717, 1.165) is 6.54 Å². The molecule has 0 radical (unpaired) electrons. The minimum absolute atomic E-state index is 0.355. The Morgan fingerprint density at radius 1 is 1.07 bits per heavy atom. The van der Waals surface area contributed by atoms with Crippen molar-refractivity contribution >= 4 is 11.8 Å². The zero-order chi connectivity index (χ0) is 11.4. The van der Waals surface area contributed by atoms with Crippen molar-refractivity contribution in [2.75, 3.05) is 12.3 Å². The average Bonchev–Trinajstić information content (AvgIpc) is 1.93. The zero-order valence-electron chi connectivity index (χ0n) is 10.9. The molecule has 0 aromatic heterocycles. The largest absolute Gasteiger partial charge is 0.313 e. The number of thioether (sulfide) groups is 1. The fourth-order valence-corrected chi connectivity index (χ4v) is 2.48. The number of rotatable bonds is 4. The van der Waals surface area contributed by atoms with Crippen molar-refractivity contribution < 1.29 is 0 Å². The van der Waals surface area contributed by atoms with Crippen LogP contribution in [0.25, 0.3) is 0 Å². The first-order valence-corrected chi connectivity index (χ1v) is 6.52. The van der Waals surface area contributed by atoms with Gasteiger partial charge in [-0.3, -0.25) is 0 Å². The van der Waals surface area contributed by atoms with Crippen molar-refractivity contribution in [1.29, 1.82) is 0 Å². The summed E-state index contributed by atoms with van der Waals surface area (Å²) in [5, 5.41) is 3.57. The Balaban J connectivity index is 4.12. The van der Waals surface area contributed by atoms with Gasteiger partial charge in [-0.1, -0.05) is 48.5 Å². The van der Waals surface area contributed by atoms with Crippen LogP contribution in [-0.2, 0) is 0 Å². The Kier molecular flexibility index (Phi) is 5.53. The molecule has 0 aromatic rings. The highest BCUT2D eigenvalue weighted by Gasteiger charge is 2.25. The highest BCUT2D eigenvalue weighted by molar-refractivity contribution is 8.00. The monoisotopic (exact) mass is 217 g/mol. The van der Waals surface area contributed by atoms with E-state index in [9.17, 15) is 0 Å². The molecule has 0 fully saturated rings. The van der Waals surface area contributed by atoms with Crippen LogP contribution in [0.5, 0.6) is 0 Å². The van der Waals surface area contributed by atoms with Gasteiger partial charge in [-0.15, -0.1) is 0 Å². The molecule has 14 heavy (non-hydrogen) atoms. The van der Waals surface area contributed by atoms with Crippen molar-refractivity contribution in [1.82, 2.24) is 5.32 Å². The molecular weight excluding hydrogens is 190 g/mol. The second-order valence-electron chi connectivity index (χ2n) is 5.90.